The summed E-state index contributed by atoms with van der Waals surface area (Å²) in [4.78, 5) is 12.0. The first kappa shape index (κ1) is 17.8. The van der Waals surface area contributed by atoms with Crippen LogP contribution in [0.3, 0.4) is 0 Å². The summed E-state index contributed by atoms with van der Waals surface area (Å²) >= 11 is 0. The first-order chi connectivity index (χ1) is 11.8. The van der Waals surface area contributed by atoms with Crippen LogP contribution in [0.4, 0.5) is 4.79 Å². The average Bonchev–Trinajstić information content (AvgIpc) is 3.25. The lowest BCUT2D eigenvalue weighted by Gasteiger charge is -2.16. The van der Waals surface area contributed by atoms with Gasteiger partial charge in [-0.3, -0.25) is 0 Å². The molecular weight excluding hydrogens is 336 g/mol. The highest BCUT2D eigenvalue weighted by molar-refractivity contribution is 5.85. The fourth-order valence-corrected chi connectivity index (χ4v) is 3.79. The molecule has 0 radical (unpaired) electrons. The Labute approximate surface area is 154 Å². The van der Waals surface area contributed by atoms with Gasteiger partial charge in [-0.1, -0.05) is 48.5 Å². The molecule has 1 saturated heterocycles. The summed E-state index contributed by atoms with van der Waals surface area (Å²) in [5, 5.41) is 6.24. The minimum absolute atomic E-state index is 0. The average molecular weight is 359 g/mol. The van der Waals surface area contributed by atoms with Crippen LogP contribution in [0.15, 0.2) is 48.5 Å². The van der Waals surface area contributed by atoms with Gasteiger partial charge in [0.2, 0.25) is 0 Å². The maximum atomic E-state index is 12.0. The lowest BCUT2D eigenvalue weighted by molar-refractivity contribution is 0.142. The zero-order valence-corrected chi connectivity index (χ0v) is 14.9. The highest BCUT2D eigenvalue weighted by Gasteiger charge is 2.29. The van der Waals surface area contributed by atoms with E-state index in [2.05, 4.69) is 47.0 Å². The predicted octanol–water partition coefficient (Wildman–Crippen LogP) is 3.70. The molecule has 1 atom stereocenters. The van der Waals surface area contributed by atoms with Gasteiger partial charge in [0, 0.05) is 18.5 Å². The third kappa shape index (κ3) is 3.65. The van der Waals surface area contributed by atoms with Crippen LogP contribution in [0.5, 0.6) is 0 Å². The number of hydrogen-bond donors (Lipinski definition) is 2. The number of benzene rings is 2. The Balaban J connectivity index is 0.00000182. The van der Waals surface area contributed by atoms with E-state index in [9.17, 15) is 4.79 Å². The molecule has 2 aromatic carbocycles. The number of nitrogens with one attached hydrogen (secondary N) is 2. The summed E-state index contributed by atoms with van der Waals surface area (Å²) in [5.74, 6) is 0.118. The normalized spacial score (nSPS) is 18.2. The van der Waals surface area contributed by atoms with Crippen molar-refractivity contribution in [1.82, 2.24) is 10.6 Å². The molecule has 0 bridgehead atoms. The number of rotatable bonds is 4. The fourth-order valence-electron chi connectivity index (χ4n) is 3.79. The third-order valence-electron chi connectivity index (χ3n) is 5.00. The van der Waals surface area contributed by atoms with Gasteiger partial charge in [-0.05, 0) is 41.6 Å². The molecule has 25 heavy (non-hydrogen) atoms. The van der Waals surface area contributed by atoms with E-state index in [1.54, 1.807) is 0 Å². The monoisotopic (exact) mass is 358 g/mol. The SMILES string of the molecule is Cl.O=C(NC[C@@H]1CCCN1)OCC1c2ccccc2-c2ccccc21. The van der Waals surface area contributed by atoms with E-state index in [1.807, 2.05) is 12.1 Å². The van der Waals surface area contributed by atoms with Crippen molar-refractivity contribution in [3.63, 3.8) is 0 Å². The van der Waals surface area contributed by atoms with E-state index in [-0.39, 0.29) is 24.4 Å². The number of carbonyl (C=O) groups excluding carboxylic acids is 1. The smallest absolute Gasteiger partial charge is 0.407 e. The van der Waals surface area contributed by atoms with Gasteiger partial charge in [0.05, 0.1) is 0 Å². The molecule has 0 spiro atoms. The molecule has 2 aliphatic rings. The van der Waals surface area contributed by atoms with Gasteiger partial charge in [-0.2, -0.15) is 0 Å². The van der Waals surface area contributed by atoms with E-state index in [0.717, 1.165) is 13.0 Å². The molecule has 4 nitrogen and oxygen atoms in total. The predicted molar refractivity (Wildman–Crippen MR) is 101 cm³/mol. The van der Waals surface area contributed by atoms with Crippen LogP contribution in [0.25, 0.3) is 11.1 Å². The van der Waals surface area contributed by atoms with Crippen LogP contribution >= 0.6 is 12.4 Å². The molecule has 4 rings (SSSR count). The van der Waals surface area contributed by atoms with Crippen molar-refractivity contribution in [1.29, 1.82) is 0 Å². The second-order valence-corrected chi connectivity index (χ2v) is 6.50. The summed E-state index contributed by atoms with van der Waals surface area (Å²) in [6, 6.07) is 17.1. The van der Waals surface area contributed by atoms with Gasteiger partial charge in [-0.15, -0.1) is 12.4 Å². The van der Waals surface area contributed by atoms with E-state index in [1.165, 1.54) is 28.7 Å². The standard InChI is InChI=1S/C20H22N2O2.ClH/c23-20(22-12-14-6-5-11-21-14)24-13-19-17-9-3-1-7-15(17)16-8-2-4-10-18(16)19;/h1-4,7-10,14,19,21H,5-6,11-13H2,(H,22,23);1H/t14-;/m0./s1. The largest absolute Gasteiger partial charge is 0.449 e. The zero-order valence-electron chi connectivity index (χ0n) is 14.0. The van der Waals surface area contributed by atoms with Gasteiger partial charge in [-0.25, -0.2) is 4.79 Å². The number of carbonyl (C=O) groups is 1. The molecule has 0 saturated carbocycles. The fraction of sp³-hybridized carbons (Fsp3) is 0.350. The summed E-state index contributed by atoms with van der Waals surface area (Å²) in [5.41, 5.74) is 4.97. The number of amides is 1. The minimum atomic E-state index is -0.328. The minimum Gasteiger partial charge on any atom is -0.449 e. The first-order valence-electron chi connectivity index (χ1n) is 8.65. The topological polar surface area (TPSA) is 50.4 Å². The molecule has 132 valence electrons. The summed E-state index contributed by atoms with van der Waals surface area (Å²) < 4.78 is 5.52. The van der Waals surface area contributed by atoms with E-state index in [4.69, 9.17) is 4.74 Å². The number of halogens is 1. The molecule has 1 heterocycles. The van der Waals surface area contributed by atoms with Crippen LogP contribution < -0.4 is 10.6 Å². The van der Waals surface area contributed by atoms with Crippen LogP contribution in [-0.2, 0) is 4.74 Å². The molecular formula is C20H23ClN2O2. The molecule has 2 aromatic rings. The maximum Gasteiger partial charge on any atom is 0.407 e. The van der Waals surface area contributed by atoms with Gasteiger partial charge < -0.3 is 15.4 Å². The van der Waals surface area contributed by atoms with Gasteiger partial charge in [0.25, 0.3) is 0 Å². The molecule has 2 N–H and O–H groups in total. The molecule has 1 aliphatic carbocycles. The molecule has 1 aliphatic heterocycles. The molecule has 1 amide bonds. The molecule has 5 heteroatoms. The van der Waals surface area contributed by atoms with Crippen molar-refractivity contribution in [2.24, 2.45) is 0 Å². The number of fused-ring (bicyclic) bond motifs is 3. The Kier molecular flexibility index (Phi) is 5.61. The quantitative estimate of drug-likeness (QED) is 0.876. The Hall–Kier alpha value is -2.04. The Bertz CT molecular complexity index is 698. The van der Waals surface area contributed by atoms with Crippen molar-refractivity contribution in [2.75, 3.05) is 19.7 Å². The van der Waals surface area contributed by atoms with Crippen molar-refractivity contribution in [3.05, 3.63) is 59.7 Å². The van der Waals surface area contributed by atoms with Crippen molar-refractivity contribution < 1.29 is 9.53 Å². The Morgan fingerprint density at radius 1 is 1.08 bits per heavy atom. The molecule has 0 unspecified atom stereocenters. The van der Waals surface area contributed by atoms with Gasteiger partial charge in [0.1, 0.15) is 6.61 Å². The number of hydrogen-bond acceptors (Lipinski definition) is 3. The second-order valence-electron chi connectivity index (χ2n) is 6.50. The van der Waals surface area contributed by atoms with Crippen LogP contribution in [0, 0.1) is 0 Å². The lowest BCUT2D eigenvalue weighted by Crippen LogP contribution is -2.37. The Morgan fingerprint density at radius 2 is 1.72 bits per heavy atom. The van der Waals surface area contributed by atoms with Gasteiger partial charge in [0.15, 0.2) is 0 Å². The third-order valence-corrected chi connectivity index (χ3v) is 5.00. The lowest BCUT2D eigenvalue weighted by atomic mass is 9.98. The van der Waals surface area contributed by atoms with Crippen LogP contribution in [0.2, 0.25) is 0 Å². The van der Waals surface area contributed by atoms with Crippen LogP contribution in [-0.4, -0.2) is 31.8 Å². The number of ether oxygens (including phenoxy) is 1. The number of alkyl carbamates (subject to hydrolysis) is 1. The van der Waals surface area contributed by atoms with Crippen LogP contribution in [0.1, 0.15) is 29.9 Å². The zero-order chi connectivity index (χ0) is 16.4. The first-order valence-corrected chi connectivity index (χ1v) is 8.65. The summed E-state index contributed by atoms with van der Waals surface area (Å²) in [6.45, 7) is 2.05. The van der Waals surface area contributed by atoms with E-state index < -0.39 is 0 Å². The van der Waals surface area contributed by atoms with Crippen molar-refractivity contribution in [2.45, 2.75) is 24.8 Å². The van der Waals surface area contributed by atoms with Gasteiger partial charge >= 0.3 is 6.09 Å². The highest BCUT2D eigenvalue weighted by atomic mass is 35.5. The second kappa shape index (κ2) is 7.89. The summed E-state index contributed by atoms with van der Waals surface area (Å²) in [7, 11) is 0. The van der Waals surface area contributed by atoms with E-state index >= 15 is 0 Å². The summed E-state index contributed by atoms with van der Waals surface area (Å²) in [6.07, 6.45) is 1.96. The van der Waals surface area contributed by atoms with E-state index in [0.29, 0.717) is 19.2 Å². The van der Waals surface area contributed by atoms with Crippen molar-refractivity contribution in [3.8, 4) is 11.1 Å². The maximum absolute atomic E-state index is 12.0. The molecule has 0 aromatic heterocycles. The van der Waals surface area contributed by atoms with Crippen molar-refractivity contribution >= 4 is 18.5 Å². The Morgan fingerprint density at radius 3 is 2.32 bits per heavy atom. The molecule has 1 fully saturated rings. The highest BCUT2D eigenvalue weighted by Crippen LogP contribution is 2.44.